The highest BCUT2D eigenvalue weighted by atomic mass is 19.2. The minimum absolute atomic E-state index is 0.0530. The molecule has 0 radical (unpaired) electrons. The zero-order chi connectivity index (χ0) is 60.6. The first-order valence-corrected chi connectivity index (χ1v) is 29.6. The third kappa shape index (κ3) is 8.68. The Morgan fingerprint density at radius 2 is 0.682 bits per heavy atom. The van der Waals surface area contributed by atoms with Crippen molar-refractivity contribution < 1.29 is 17.6 Å². The second-order valence-electron chi connectivity index (χ2n) is 23.3. The summed E-state index contributed by atoms with van der Waals surface area (Å²) in [5.41, 5.74) is 22.2. The van der Waals surface area contributed by atoms with Crippen molar-refractivity contribution in [3.63, 3.8) is 0 Å². The lowest BCUT2D eigenvalue weighted by atomic mass is 9.66. The topological polar surface area (TPSA) is 6.48 Å². The molecule has 0 aliphatic heterocycles. The molecular weight excluding hydrogens is 1090 g/mol. The van der Waals surface area contributed by atoms with Gasteiger partial charge in [0, 0.05) is 22.7 Å². The third-order valence-corrected chi connectivity index (χ3v) is 18.3. The molecule has 2 atom stereocenters. The third-order valence-electron chi connectivity index (χ3n) is 18.3. The number of hydrogen-bond donors (Lipinski definition) is 0. The van der Waals surface area contributed by atoms with Crippen molar-refractivity contribution in [2.24, 2.45) is 0 Å². The molecule has 0 heterocycles. The maximum atomic E-state index is 16.6. The summed E-state index contributed by atoms with van der Waals surface area (Å²) >= 11 is 0. The molecular formula is C82H60F4N2. The van der Waals surface area contributed by atoms with Gasteiger partial charge in [0.15, 0.2) is 23.3 Å². The number of benzene rings is 12. The minimum atomic E-state index is -0.975. The molecule has 0 saturated carbocycles. The molecule has 14 rings (SSSR count). The average Bonchev–Trinajstić information content (AvgIpc) is 1.55. The zero-order valence-electron chi connectivity index (χ0n) is 49.2. The monoisotopic (exact) mass is 1150 g/mol. The second kappa shape index (κ2) is 21.7. The fourth-order valence-electron chi connectivity index (χ4n) is 14.1. The van der Waals surface area contributed by atoms with Crippen LogP contribution >= 0.6 is 0 Å². The number of anilines is 6. The Morgan fingerprint density at radius 3 is 1.07 bits per heavy atom. The van der Waals surface area contributed by atoms with Crippen LogP contribution in [0.4, 0.5) is 51.7 Å². The van der Waals surface area contributed by atoms with Gasteiger partial charge < -0.3 is 9.80 Å². The van der Waals surface area contributed by atoms with Crippen LogP contribution in [0, 0.1) is 51.0 Å². The summed E-state index contributed by atoms with van der Waals surface area (Å²) in [6.07, 6.45) is 3.69. The molecule has 88 heavy (non-hydrogen) atoms. The summed E-state index contributed by atoms with van der Waals surface area (Å²) in [5.74, 6) is -3.87. The molecule has 0 N–H and O–H groups in total. The summed E-state index contributed by atoms with van der Waals surface area (Å²) in [4.78, 5) is 3.57. The fraction of sp³-hybridized carbons (Fsp3) is 0.0732. The van der Waals surface area contributed by atoms with Crippen LogP contribution in [-0.2, 0) is 10.8 Å². The second-order valence-corrected chi connectivity index (χ2v) is 23.3. The van der Waals surface area contributed by atoms with Gasteiger partial charge in [-0.2, -0.15) is 0 Å². The van der Waals surface area contributed by atoms with E-state index >= 15 is 17.6 Å². The van der Waals surface area contributed by atoms with Crippen molar-refractivity contribution in [2.45, 2.75) is 38.5 Å². The van der Waals surface area contributed by atoms with E-state index in [4.69, 9.17) is 0 Å². The molecule has 426 valence electrons. The van der Waals surface area contributed by atoms with Gasteiger partial charge in [-0.1, -0.05) is 218 Å². The summed E-state index contributed by atoms with van der Waals surface area (Å²) in [5, 5.41) is 0. The largest absolute Gasteiger partial charge is 0.308 e. The normalized spacial score (nSPS) is 15.2. The Morgan fingerprint density at radius 1 is 0.318 bits per heavy atom. The molecule has 2 unspecified atom stereocenters. The van der Waals surface area contributed by atoms with Gasteiger partial charge in [-0.3, -0.25) is 0 Å². The number of hydrogen-bond acceptors (Lipinski definition) is 2. The van der Waals surface area contributed by atoms with Gasteiger partial charge >= 0.3 is 0 Å². The number of fused-ring (bicyclic) bond motifs is 6. The molecule has 6 heteroatoms. The van der Waals surface area contributed by atoms with E-state index in [0.29, 0.717) is 22.7 Å². The smallest absolute Gasteiger partial charge is 0.182 e. The Kier molecular flexibility index (Phi) is 13.7. The highest BCUT2D eigenvalue weighted by Crippen LogP contribution is 2.60. The van der Waals surface area contributed by atoms with Crippen LogP contribution in [0.1, 0.15) is 77.9 Å². The molecule has 0 bridgehead atoms. The first kappa shape index (κ1) is 55.3. The molecule has 0 amide bonds. The molecule has 0 spiro atoms. The Balaban J connectivity index is 0.885. The minimum Gasteiger partial charge on any atom is -0.308 e. The summed E-state index contributed by atoms with van der Waals surface area (Å²) < 4.78 is 64.4. The van der Waals surface area contributed by atoms with Crippen molar-refractivity contribution >= 4 is 46.3 Å². The van der Waals surface area contributed by atoms with Crippen LogP contribution in [0.15, 0.2) is 268 Å². The number of nitrogens with zero attached hydrogens (tertiary/aromatic N) is 2. The molecule has 2 aliphatic carbocycles. The van der Waals surface area contributed by atoms with Crippen LogP contribution in [0.2, 0.25) is 0 Å². The molecule has 2 nitrogen and oxygen atoms in total. The van der Waals surface area contributed by atoms with Crippen molar-refractivity contribution in [3.8, 4) is 33.4 Å². The van der Waals surface area contributed by atoms with Crippen molar-refractivity contribution in [3.05, 3.63) is 369 Å². The molecule has 0 fully saturated rings. The van der Waals surface area contributed by atoms with Crippen LogP contribution in [-0.4, -0.2) is 0 Å². The van der Waals surface area contributed by atoms with Crippen LogP contribution in [0.3, 0.4) is 0 Å². The van der Waals surface area contributed by atoms with Gasteiger partial charge in [0.25, 0.3) is 0 Å². The number of halogens is 4. The van der Waals surface area contributed by atoms with Crippen molar-refractivity contribution in [1.29, 1.82) is 0 Å². The molecule has 12 aromatic carbocycles. The first-order valence-electron chi connectivity index (χ1n) is 29.6. The van der Waals surface area contributed by atoms with Crippen LogP contribution in [0.5, 0.6) is 0 Å². The molecule has 12 aromatic rings. The Labute approximate surface area is 511 Å². The SMILES string of the molecule is C=Cc1ccc(C2(c3cc(C)ccc3C)c3ccccc3-c3ccc(N(c4ccc(-c5ccc(N(c6ccc7c(c6)C(c6ccc(C=C)cc6)(c6cc(C)ccc6C)c6ccccc6-7)c6cccc(F)c6F)cc5)cc4)c4cccc(F)c4F)cc32)cc1. The van der Waals surface area contributed by atoms with Gasteiger partial charge in [-0.25, -0.2) is 17.6 Å². The fourth-order valence-corrected chi connectivity index (χ4v) is 14.1. The van der Waals surface area contributed by atoms with Crippen molar-refractivity contribution in [2.75, 3.05) is 9.80 Å². The van der Waals surface area contributed by atoms with Gasteiger partial charge in [-0.15, -0.1) is 0 Å². The molecule has 0 aromatic heterocycles. The van der Waals surface area contributed by atoms with Gasteiger partial charge in [0.1, 0.15) is 0 Å². The number of rotatable bonds is 13. The summed E-state index contributed by atoms with van der Waals surface area (Å²) in [7, 11) is 0. The van der Waals surface area contributed by atoms with E-state index in [1.54, 1.807) is 21.9 Å². The van der Waals surface area contributed by atoms with Gasteiger partial charge in [0.2, 0.25) is 0 Å². The highest BCUT2D eigenvalue weighted by Gasteiger charge is 2.49. The lowest BCUT2D eigenvalue weighted by Gasteiger charge is -2.36. The van der Waals surface area contributed by atoms with E-state index in [1.807, 2.05) is 72.8 Å². The van der Waals surface area contributed by atoms with Gasteiger partial charge in [-0.05, 0) is 201 Å². The maximum Gasteiger partial charge on any atom is 0.182 e. The van der Waals surface area contributed by atoms with E-state index in [2.05, 4.69) is 199 Å². The lowest BCUT2D eigenvalue weighted by molar-refractivity contribution is 0.510. The van der Waals surface area contributed by atoms with Crippen LogP contribution in [0.25, 0.3) is 45.5 Å². The van der Waals surface area contributed by atoms with Gasteiger partial charge in [0.05, 0.1) is 22.2 Å². The first-order chi connectivity index (χ1) is 42.8. The quantitative estimate of drug-likeness (QED) is 0.106. The molecule has 2 aliphatic rings. The summed E-state index contributed by atoms with van der Waals surface area (Å²) in [6.45, 7) is 16.6. The predicted molar refractivity (Wildman–Crippen MR) is 355 cm³/mol. The standard InChI is InChI=1S/C82H60F4N2/c1-7-55-27-35-59(36-28-55)81(71-47-51(3)23-25-53(71)5)69-17-11-9-15-65(69)67-45-43-63(49-73(67)81)87(77-21-13-19-75(83)79(77)85)61-39-31-57(32-40-61)58-33-41-62(42-34-58)88(78-22-14-20-76(84)80(78)86)64-44-46-68-66-16-10-12-18-70(66)82(74(68)50-64,60-37-29-56(8-2)30-38-60)72-48-52(4)24-26-54(72)6/h7-50H,1-2H2,3-6H3. The van der Waals surface area contributed by atoms with E-state index < -0.39 is 34.1 Å². The Bertz CT molecular complexity index is 4450. The maximum absolute atomic E-state index is 16.6. The average molecular weight is 1150 g/mol. The number of aryl methyl sites for hydroxylation is 4. The van der Waals surface area contributed by atoms with E-state index in [0.717, 1.165) is 123 Å². The summed E-state index contributed by atoms with van der Waals surface area (Å²) in [6, 6.07) is 83.9. The van der Waals surface area contributed by atoms with Crippen molar-refractivity contribution in [1.82, 2.24) is 0 Å². The Hall–Kier alpha value is -10.6. The van der Waals surface area contributed by atoms with E-state index in [1.165, 1.54) is 12.1 Å². The lowest BCUT2D eigenvalue weighted by Crippen LogP contribution is -2.30. The van der Waals surface area contributed by atoms with E-state index in [-0.39, 0.29) is 11.4 Å². The predicted octanol–water partition coefficient (Wildman–Crippen LogP) is 22.1. The zero-order valence-corrected chi connectivity index (χ0v) is 49.2. The van der Waals surface area contributed by atoms with E-state index in [9.17, 15) is 0 Å². The molecule has 0 saturated heterocycles. The highest BCUT2D eigenvalue weighted by molar-refractivity contribution is 5.92. The van der Waals surface area contributed by atoms with Crippen LogP contribution < -0.4 is 9.80 Å².